The zero-order chi connectivity index (χ0) is 13.8. The van der Waals surface area contributed by atoms with Crippen LogP contribution in [0.25, 0.3) is 5.82 Å². The van der Waals surface area contributed by atoms with E-state index in [1.807, 2.05) is 26.8 Å². The van der Waals surface area contributed by atoms with E-state index in [0.717, 1.165) is 24.5 Å². The molecule has 0 amide bonds. The van der Waals surface area contributed by atoms with Crippen molar-refractivity contribution in [1.82, 2.24) is 19.7 Å². The number of aromatic nitrogens is 4. The van der Waals surface area contributed by atoms with Gasteiger partial charge in [-0.3, -0.25) is 0 Å². The molecule has 0 atom stereocenters. The van der Waals surface area contributed by atoms with E-state index in [2.05, 4.69) is 15.1 Å². The molecule has 2 aromatic rings. The van der Waals surface area contributed by atoms with Crippen molar-refractivity contribution in [1.29, 1.82) is 0 Å². The second-order valence-electron chi connectivity index (χ2n) is 4.06. The van der Waals surface area contributed by atoms with Crippen molar-refractivity contribution >= 4 is 5.69 Å². The van der Waals surface area contributed by atoms with Crippen LogP contribution in [-0.2, 0) is 12.8 Å². The van der Waals surface area contributed by atoms with Gasteiger partial charge in [0.05, 0.1) is 12.3 Å². The second-order valence-corrected chi connectivity index (χ2v) is 4.06. The number of ether oxygens (including phenoxy) is 1. The number of rotatable bonds is 5. The first-order valence-electron chi connectivity index (χ1n) is 6.54. The Labute approximate surface area is 112 Å². The number of anilines is 1. The van der Waals surface area contributed by atoms with Crippen molar-refractivity contribution in [2.75, 3.05) is 12.3 Å². The van der Waals surface area contributed by atoms with Gasteiger partial charge in [0.1, 0.15) is 5.82 Å². The highest BCUT2D eigenvalue weighted by Crippen LogP contribution is 2.20. The fourth-order valence-corrected chi connectivity index (χ4v) is 1.77. The van der Waals surface area contributed by atoms with Crippen LogP contribution in [0.3, 0.4) is 0 Å². The van der Waals surface area contributed by atoms with E-state index >= 15 is 0 Å². The number of nitrogen functional groups attached to an aromatic ring is 1. The lowest BCUT2D eigenvalue weighted by Crippen LogP contribution is -2.07. The number of pyridine rings is 1. The molecular weight excluding hydrogens is 242 g/mol. The maximum Gasteiger partial charge on any atom is 0.239 e. The molecule has 6 nitrogen and oxygen atoms in total. The lowest BCUT2D eigenvalue weighted by molar-refractivity contribution is 0.328. The maximum atomic E-state index is 5.82. The SMILES string of the molecule is CCOc1nc(-n2nc(CC)nc2CC)ccc1N. The van der Waals surface area contributed by atoms with Crippen LogP contribution >= 0.6 is 0 Å². The quantitative estimate of drug-likeness (QED) is 0.887. The summed E-state index contributed by atoms with van der Waals surface area (Å²) >= 11 is 0. The van der Waals surface area contributed by atoms with Gasteiger partial charge < -0.3 is 10.5 Å². The number of nitrogens with two attached hydrogens (primary N) is 1. The van der Waals surface area contributed by atoms with E-state index in [0.29, 0.717) is 24.0 Å². The van der Waals surface area contributed by atoms with E-state index in [9.17, 15) is 0 Å². The Morgan fingerprint density at radius 3 is 2.58 bits per heavy atom. The molecule has 102 valence electrons. The highest BCUT2D eigenvalue weighted by molar-refractivity contribution is 5.50. The molecule has 2 aromatic heterocycles. The maximum absolute atomic E-state index is 5.82. The van der Waals surface area contributed by atoms with Crippen LogP contribution in [0.4, 0.5) is 5.69 Å². The molecule has 0 aliphatic heterocycles. The first-order valence-corrected chi connectivity index (χ1v) is 6.54. The van der Waals surface area contributed by atoms with Gasteiger partial charge in [0.2, 0.25) is 5.88 Å². The van der Waals surface area contributed by atoms with Crippen LogP contribution in [-0.4, -0.2) is 26.4 Å². The molecule has 0 spiro atoms. The third kappa shape index (κ3) is 2.67. The molecule has 0 fully saturated rings. The third-order valence-electron chi connectivity index (χ3n) is 2.72. The number of aryl methyl sites for hydroxylation is 2. The van der Waals surface area contributed by atoms with Gasteiger partial charge in [-0.1, -0.05) is 13.8 Å². The van der Waals surface area contributed by atoms with Gasteiger partial charge >= 0.3 is 0 Å². The molecule has 0 aromatic carbocycles. The predicted octanol–water partition coefficient (Wildman–Crippen LogP) is 1.77. The van der Waals surface area contributed by atoms with Gasteiger partial charge in [0, 0.05) is 12.8 Å². The Morgan fingerprint density at radius 2 is 1.95 bits per heavy atom. The van der Waals surface area contributed by atoms with Crippen LogP contribution in [0.2, 0.25) is 0 Å². The summed E-state index contributed by atoms with van der Waals surface area (Å²) in [4.78, 5) is 8.86. The molecule has 2 heterocycles. The third-order valence-corrected chi connectivity index (χ3v) is 2.72. The summed E-state index contributed by atoms with van der Waals surface area (Å²) in [6, 6.07) is 3.60. The van der Waals surface area contributed by atoms with Gasteiger partial charge in [-0.05, 0) is 19.1 Å². The van der Waals surface area contributed by atoms with Crippen molar-refractivity contribution < 1.29 is 4.74 Å². The van der Waals surface area contributed by atoms with Crippen molar-refractivity contribution in [2.45, 2.75) is 33.6 Å². The second kappa shape index (κ2) is 5.69. The van der Waals surface area contributed by atoms with Crippen molar-refractivity contribution in [2.24, 2.45) is 0 Å². The van der Waals surface area contributed by atoms with Crippen LogP contribution < -0.4 is 10.5 Å². The zero-order valence-corrected chi connectivity index (χ0v) is 11.6. The van der Waals surface area contributed by atoms with Crippen LogP contribution in [0.15, 0.2) is 12.1 Å². The summed E-state index contributed by atoms with van der Waals surface area (Å²) in [5, 5.41) is 4.45. The van der Waals surface area contributed by atoms with E-state index in [1.165, 1.54) is 0 Å². The smallest absolute Gasteiger partial charge is 0.239 e. The average Bonchev–Trinajstić information content (AvgIpc) is 2.85. The summed E-state index contributed by atoms with van der Waals surface area (Å²) in [5.74, 6) is 2.82. The summed E-state index contributed by atoms with van der Waals surface area (Å²) < 4.78 is 7.16. The van der Waals surface area contributed by atoms with Gasteiger partial charge in [0.15, 0.2) is 11.6 Å². The molecular formula is C13H19N5O. The predicted molar refractivity (Wildman–Crippen MR) is 73.5 cm³/mol. The fourth-order valence-electron chi connectivity index (χ4n) is 1.77. The molecule has 0 radical (unpaired) electrons. The molecule has 19 heavy (non-hydrogen) atoms. The van der Waals surface area contributed by atoms with E-state index in [4.69, 9.17) is 10.5 Å². The highest BCUT2D eigenvalue weighted by atomic mass is 16.5. The lowest BCUT2D eigenvalue weighted by Gasteiger charge is -2.08. The first kappa shape index (κ1) is 13.3. The number of hydrogen-bond donors (Lipinski definition) is 1. The minimum atomic E-state index is 0.440. The largest absolute Gasteiger partial charge is 0.476 e. The first-order chi connectivity index (χ1) is 9.19. The van der Waals surface area contributed by atoms with Gasteiger partial charge in [-0.25, -0.2) is 4.98 Å². The Bertz CT molecular complexity index is 564. The Morgan fingerprint density at radius 1 is 1.16 bits per heavy atom. The summed E-state index contributed by atoms with van der Waals surface area (Å²) in [5.41, 5.74) is 6.35. The molecule has 0 bridgehead atoms. The molecule has 2 N–H and O–H groups in total. The summed E-state index contributed by atoms with van der Waals surface area (Å²) in [7, 11) is 0. The van der Waals surface area contributed by atoms with Gasteiger partial charge in [-0.15, -0.1) is 5.10 Å². The van der Waals surface area contributed by atoms with E-state index in [-0.39, 0.29) is 0 Å². The standard InChI is InChI=1S/C13H19N5O/c1-4-10-15-11(5-2)18(17-10)12-8-7-9(14)13(16-12)19-6-3/h7-8H,4-6,14H2,1-3H3. The van der Waals surface area contributed by atoms with Crippen LogP contribution in [0, 0.1) is 0 Å². The number of nitrogens with zero attached hydrogens (tertiary/aromatic N) is 4. The molecule has 0 saturated heterocycles. The molecule has 0 aliphatic carbocycles. The van der Waals surface area contributed by atoms with Crippen molar-refractivity contribution in [3.8, 4) is 11.7 Å². The lowest BCUT2D eigenvalue weighted by atomic mass is 10.4. The molecule has 6 heteroatoms. The summed E-state index contributed by atoms with van der Waals surface area (Å²) in [6.07, 6.45) is 1.59. The van der Waals surface area contributed by atoms with Crippen LogP contribution in [0.1, 0.15) is 32.4 Å². The average molecular weight is 261 g/mol. The Kier molecular flexibility index (Phi) is 3.99. The molecule has 0 aliphatic rings. The monoisotopic (exact) mass is 261 g/mol. The normalized spacial score (nSPS) is 10.7. The van der Waals surface area contributed by atoms with E-state index < -0.39 is 0 Å². The minimum absolute atomic E-state index is 0.440. The van der Waals surface area contributed by atoms with Crippen molar-refractivity contribution in [3.05, 3.63) is 23.8 Å². The minimum Gasteiger partial charge on any atom is -0.476 e. The molecule has 0 unspecified atom stereocenters. The topological polar surface area (TPSA) is 78.8 Å². The van der Waals surface area contributed by atoms with Crippen LogP contribution in [0.5, 0.6) is 5.88 Å². The fraction of sp³-hybridized carbons (Fsp3) is 0.462. The van der Waals surface area contributed by atoms with Crippen molar-refractivity contribution in [3.63, 3.8) is 0 Å². The molecule has 2 rings (SSSR count). The van der Waals surface area contributed by atoms with Gasteiger partial charge in [-0.2, -0.15) is 9.67 Å². The van der Waals surface area contributed by atoms with Gasteiger partial charge in [0.25, 0.3) is 0 Å². The number of hydrogen-bond acceptors (Lipinski definition) is 5. The van der Waals surface area contributed by atoms with E-state index in [1.54, 1.807) is 10.7 Å². The Balaban J connectivity index is 2.46. The molecule has 0 saturated carbocycles. The zero-order valence-electron chi connectivity index (χ0n) is 11.6. The highest BCUT2D eigenvalue weighted by Gasteiger charge is 2.12. The summed E-state index contributed by atoms with van der Waals surface area (Å²) in [6.45, 7) is 6.50. The Hall–Kier alpha value is -2.11.